The van der Waals surface area contributed by atoms with Crippen LogP contribution in [0.3, 0.4) is 0 Å². The first-order chi connectivity index (χ1) is 10.5. The van der Waals surface area contributed by atoms with Gasteiger partial charge in [0.25, 0.3) is 0 Å². The molecular weight excluding hydrogens is 270 g/mol. The number of rotatable bonds is 6. The molecule has 0 radical (unpaired) electrons. The van der Waals surface area contributed by atoms with Crippen molar-refractivity contribution in [3.63, 3.8) is 0 Å². The minimum Gasteiger partial charge on any atom is -0.378 e. The Morgan fingerprint density at radius 2 is 1.45 bits per heavy atom. The number of hydrogen-bond donors (Lipinski definition) is 1. The normalized spacial score (nSPS) is 12.0. The van der Waals surface area contributed by atoms with Gasteiger partial charge in [0.05, 0.1) is 0 Å². The van der Waals surface area contributed by atoms with Gasteiger partial charge in [-0.15, -0.1) is 0 Å². The highest BCUT2D eigenvalue weighted by Gasteiger charge is 2.12. The Morgan fingerprint density at radius 3 is 2.05 bits per heavy atom. The fourth-order valence-corrected chi connectivity index (χ4v) is 2.64. The number of hydrogen-bond acceptors (Lipinski definition) is 3. The van der Waals surface area contributed by atoms with E-state index in [0.29, 0.717) is 12.5 Å². The standard InChI is InChI=1S/C19H27N3/c1-21(2)18-9-5-7-15(12-18)11-17(14-20)16-8-6-10-19(13-16)22(3)4/h5-10,12-13,17H,11,14,20H2,1-4H3. The van der Waals surface area contributed by atoms with Crippen molar-refractivity contribution in [1.82, 2.24) is 0 Å². The van der Waals surface area contributed by atoms with E-state index in [-0.39, 0.29) is 0 Å². The predicted molar refractivity (Wildman–Crippen MR) is 97.0 cm³/mol. The Kier molecular flexibility index (Phi) is 5.45. The number of benzene rings is 2. The Labute approximate surface area is 134 Å². The van der Waals surface area contributed by atoms with Crippen LogP contribution in [0.2, 0.25) is 0 Å². The molecule has 2 aromatic carbocycles. The average Bonchev–Trinajstić information content (AvgIpc) is 2.53. The quantitative estimate of drug-likeness (QED) is 0.889. The molecule has 118 valence electrons. The summed E-state index contributed by atoms with van der Waals surface area (Å²) in [6.45, 7) is 0.656. The fraction of sp³-hybridized carbons (Fsp3) is 0.368. The van der Waals surface area contributed by atoms with Gasteiger partial charge in [0.1, 0.15) is 0 Å². The molecule has 1 unspecified atom stereocenters. The zero-order chi connectivity index (χ0) is 16.1. The van der Waals surface area contributed by atoms with Crippen molar-refractivity contribution in [2.45, 2.75) is 12.3 Å². The second-order valence-corrected chi connectivity index (χ2v) is 6.19. The van der Waals surface area contributed by atoms with Crippen molar-refractivity contribution in [2.75, 3.05) is 44.5 Å². The zero-order valence-corrected chi connectivity index (χ0v) is 14.1. The first-order valence-corrected chi connectivity index (χ1v) is 7.75. The lowest BCUT2D eigenvalue weighted by molar-refractivity contribution is 0.694. The maximum atomic E-state index is 6.05. The van der Waals surface area contributed by atoms with Crippen molar-refractivity contribution >= 4 is 11.4 Å². The molecular formula is C19H27N3. The van der Waals surface area contributed by atoms with E-state index < -0.39 is 0 Å². The largest absolute Gasteiger partial charge is 0.378 e. The zero-order valence-electron chi connectivity index (χ0n) is 14.1. The van der Waals surface area contributed by atoms with Crippen LogP contribution in [-0.4, -0.2) is 34.7 Å². The Balaban J connectivity index is 2.22. The summed E-state index contributed by atoms with van der Waals surface area (Å²) in [6, 6.07) is 17.4. The van der Waals surface area contributed by atoms with E-state index in [4.69, 9.17) is 5.73 Å². The molecule has 0 bridgehead atoms. The van der Waals surface area contributed by atoms with Crippen LogP contribution in [0, 0.1) is 0 Å². The molecule has 0 amide bonds. The maximum Gasteiger partial charge on any atom is 0.0363 e. The van der Waals surface area contributed by atoms with Crippen molar-refractivity contribution in [1.29, 1.82) is 0 Å². The summed E-state index contributed by atoms with van der Waals surface area (Å²) in [7, 11) is 8.27. The van der Waals surface area contributed by atoms with Gasteiger partial charge in [0.15, 0.2) is 0 Å². The first kappa shape index (κ1) is 16.4. The third-order valence-corrected chi connectivity index (χ3v) is 4.05. The van der Waals surface area contributed by atoms with E-state index in [2.05, 4.69) is 86.5 Å². The molecule has 0 saturated carbocycles. The van der Waals surface area contributed by atoms with Crippen LogP contribution in [0.15, 0.2) is 48.5 Å². The van der Waals surface area contributed by atoms with Crippen molar-refractivity contribution in [3.05, 3.63) is 59.7 Å². The van der Waals surface area contributed by atoms with E-state index in [1.54, 1.807) is 0 Å². The highest BCUT2D eigenvalue weighted by atomic mass is 15.1. The van der Waals surface area contributed by atoms with Gasteiger partial charge in [-0.3, -0.25) is 0 Å². The predicted octanol–water partition coefficient (Wildman–Crippen LogP) is 3.10. The Hall–Kier alpha value is -2.00. The minimum absolute atomic E-state index is 0.345. The summed E-state index contributed by atoms with van der Waals surface area (Å²) < 4.78 is 0. The molecule has 0 heterocycles. The smallest absolute Gasteiger partial charge is 0.0363 e. The summed E-state index contributed by atoms with van der Waals surface area (Å²) in [6.07, 6.45) is 0.967. The highest BCUT2D eigenvalue weighted by molar-refractivity contribution is 5.49. The Bertz CT molecular complexity index is 605. The van der Waals surface area contributed by atoms with E-state index in [1.807, 2.05) is 0 Å². The Morgan fingerprint density at radius 1 is 0.864 bits per heavy atom. The first-order valence-electron chi connectivity index (χ1n) is 7.75. The van der Waals surface area contributed by atoms with Crippen LogP contribution < -0.4 is 15.5 Å². The molecule has 0 aliphatic heterocycles. The van der Waals surface area contributed by atoms with Crippen molar-refractivity contribution < 1.29 is 0 Å². The topological polar surface area (TPSA) is 32.5 Å². The summed E-state index contributed by atoms with van der Waals surface area (Å²) in [4.78, 5) is 4.26. The molecule has 0 aliphatic rings. The average molecular weight is 297 g/mol. The van der Waals surface area contributed by atoms with Gasteiger partial charge in [-0.2, -0.15) is 0 Å². The molecule has 0 saturated heterocycles. The lowest BCUT2D eigenvalue weighted by Crippen LogP contribution is -2.16. The van der Waals surface area contributed by atoms with E-state index >= 15 is 0 Å². The van der Waals surface area contributed by atoms with Gasteiger partial charge < -0.3 is 15.5 Å². The van der Waals surface area contributed by atoms with Gasteiger partial charge in [0, 0.05) is 45.5 Å². The van der Waals surface area contributed by atoms with Gasteiger partial charge in [0.2, 0.25) is 0 Å². The van der Waals surface area contributed by atoms with Crippen LogP contribution in [0.1, 0.15) is 17.0 Å². The van der Waals surface area contributed by atoms with Gasteiger partial charge >= 0.3 is 0 Å². The lowest BCUT2D eigenvalue weighted by Gasteiger charge is -2.20. The van der Waals surface area contributed by atoms with E-state index in [9.17, 15) is 0 Å². The molecule has 0 aromatic heterocycles. The van der Waals surface area contributed by atoms with Gasteiger partial charge in [-0.1, -0.05) is 24.3 Å². The maximum absolute atomic E-state index is 6.05. The van der Waals surface area contributed by atoms with Crippen LogP contribution in [0.25, 0.3) is 0 Å². The SMILES string of the molecule is CN(C)c1cccc(CC(CN)c2cccc(N(C)C)c2)c1. The summed E-state index contributed by atoms with van der Waals surface area (Å²) in [5.41, 5.74) is 11.1. The molecule has 1 atom stereocenters. The molecule has 3 heteroatoms. The van der Waals surface area contributed by atoms with Crippen LogP contribution in [0.4, 0.5) is 11.4 Å². The van der Waals surface area contributed by atoms with Gasteiger partial charge in [-0.25, -0.2) is 0 Å². The third-order valence-electron chi connectivity index (χ3n) is 4.05. The molecule has 0 spiro atoms. The second-order valence-electron chi connectivity index (χ2n) is 6.19. The molecule has 3 nitrogen and oxygen atoms in total. The van der Waals surface area contributed by atoms with Crippen LogP contribution in [0.5, 0.6) is 0 Å². The lowest BCUT2D eigenvalue weighted by atomic mass is 9.91. The van der Waals surface area contributed by atoms with Gasteiger partial charge in [-0.05, 0) is 48.4 Å². The second kappa shape index (κ2) is 7.32. The molecule has 0 aliphatic carbocycles. The molecule has 2 N–H and O–H groups in total. The molecule has 0 fully saturated rings. The number of nitrogens with two attached hydrogens (primary N) is 1. The molecule has 2 rings (SSSR count). The summed E-state index contributed by atoms with van der Waals surface area (Å²) in [5, 5.41) is 0. The van der Waals surface area contributed by atoms with E-state index in [1.165, 1.54) is 22.5 Å². The number of anilines is 2. The molecule has 22 heavy (non-hydrogen) atoms. The monoisotopic (exact) mass is 297 g/mol. The van der Waals surface area contributed by atoms with Crippen LogP contribution >= 0.6 is 0 Å². The van der Waals surface area contributed by atoms with E-state index in [0.717, 1.165) is 6.42 Å². The highest BCUT2D eigenvalue weighted by Crippen LogP contribution is 2.25. The number of nitrogens with zero attached hydrogens (tertiary/aromatic N) is 2. The molecule has 2 aromatic rings. The minimum atomic E-state index is 0.345. The summed E-state index contributed by atoms with van der Waals surface area (Å²) >= 11 is 0. The van der Waals surface area contributed by atoms with Crippen molar-refractivity contribution in [3.8, 4) is 0 Å². The van der Waals surface area contributed by atoms with Crippen LogP contribution in [-0.2, 0) is 6.42 Å². The summed E-state index contributed by atoms with van der Waals surface area (Å²) in [5.74, 6) is 0.345. The third kappa shape index (κ3) is 4.01. The fourth-order valence-electron chi connectivity index (χ4n) is 2.64. The van der Waals surface area contributed by atoms with Crippen molar-refractivity contribution in [2.24, 2.45) is 5.73 Å².